The Balaban J connectivity index is 2.20. The zero-order chi connectivity index (χ0) is 25.7. The first-order chi connectivity index (χ1) is 16.8. The molecule has 2 aromatic rings. The second-order valence-corrected chi connectivity index (χ2v) is 7.32. The highest BCUT2D eigenvalue weighted by Crippen LogP contribution is 2.10. The second kappa shape index (κ2) is 13.5. The van der Waals surface area contributed by atoms with Gasteiger partial charge in [-0.25, -0.2) is 9.59 Å². The van der Waals surface area contributed by atoms with Crippen molar-refractivity contribution in [2.24, 2.45) is 0 Å². The number of rotatable bonds is 10. The molecule has 2 aromatic carbocycles. The number of hydrogen-bond acceptors (Lipinski definition) is 7. The van der Waals surface area contributed by atoms with Crippen molar-refractivity contribution in [1.82, 2.24) is 10.6 Å². The van der Waals surface area contributed by atoms with Gasteiger partial charge in [-0.05, 0) is 36.8 Å². The van der Waals surface area contributed by atoms with Gasteiger partial charge in [-0.2, -0.15) is 0 Å². The van der Waals surface area contributed by atoms with Gasteiger partial charge >= 0.3 is 17.5 Å². The van der Waals surface area contributed by atoms with E-state index in [9.17, 15) is 24.3 Å². The summed E-state index contributed by atoms with van der Waals surface area (Å²) in [5.74, 6) is -0.201. The Bertz CT molecular complexity index is 1060. The van der Waals surface area contributed by atoms with Crippen LogP contribution in [0.4, 0.5) is 0 Å². The van der Waals surface area contributed by atoms with Gasteiger partial charge in [0.2, 0.25) is 5.91 Å². The quantitative estimate of drug-likeness (QED) is 0.262. The van der Waals surface area contributed by atoms with Crippen LogP contribution in [0.15, 0.2) is 60.7 Å². The highest BCUT2D eigenvalue weighted by molar-refractivity contribution is 6.09. The molecule has 2 amide bonds. The Morgan fingerprint density at radius 3 is 1.91 bits per heavy atom. The first-order valence-electron chi connectivity index (χ1n) is 11.1. The van der Waals surface area contributed by atoms with Crippen molar-refractivity contribution in [3.8, 4) is 11.8 Å². The number of amides is 2. The van der Waals surface area contributed by atoms with E-state index in [1.807, 2.05) is 48.2 Å². The van der Waals surface area contributed by atoms with Crippen LogP contribution in [0.5, 0.6) is 0 Å². The molecular weight excluding hydrogens is 452 g/mol. The van der Waals surface area contributed by atoms with Crippen LogP contribution in [0.25, 0.3) is 0 Å². The minimum atomic E-state index is -2.98. The average Bonchev–Trinajstić information content (AvgIpc) is 2.87. The molecule has 0 unspecified atom stereocenters. The Hall–Kier alpha value is -4.16. The van der Waals surface area contributed by atoms with Crippen molar-refractivity contribution in [3.05, 3.63) is 71.8 Å². The van der Waals surface area contributed by atoms with Crippen molar-refractivity contribution < 1.29 is 33.8 Å². The summed E-state index contributed by atoms with van der Waals surface area (Å²) in [7, 11) is 0. The Morgan fingerprint density at radius 2 is 1.40 bits per heavy atom. The molecule has 9 nitrogen and oxygen atoms in total. The summed E-state index contributed by atoms with van der Waals surface area (Å²) in [5.41, 5.74) is -1.32. The van der Waals surface area contributed by atoms with Gasteiger partial charge < -0.3 is 25.2 Å². The summed E-state index contributed by atoms with van der Waals surface area (Å²) in [4.78, 5) is 49.7. The molecule has 0 spiro atoms. The monoisotopic (exact) mass is 480 g/mol. The number of aliphatic hydroxyl groups is 1. The molecule has 2 rings (SSSR count). The van der Waals surface area contributed by atoms with E-state index in [0.717, 1.165) is 11.1 Å². The molecule has 0 aliphatic carbocycles. The van der Waals surface area contributed by atoms with Crippen molar-refractivity contribution in [2.45, 2.75) is 38.5 Å². The summed E-state index contributed by atoms with van der Waals surface area (Å²) in [6.45, 7) is 2.94. The number of carbonyl (C=O) groups excluding carboxylic acids is 4. The molecule has 184 valence electrons. The van der Waals surface area contributed by atoms with E-state index in [0.29, 0.717) is 0 Å². The standard InChI is InChI=1S/C26H28N2O7/c1-3-34-24(31)26(33,25(32)35-4-2)16-15-22(29)28-21(17-19-11-7-5-8-12-19)23(30)27-18-20-13-9-6-10-14-20/h5-14,21,33H,3-4,17-18H2,1-2H3,(H,27,30)(H,28,29)/t21-/m0/s1. The van der Waals surface area contributed by atoms with Gasteiger partial charge in [0.05, 0.1) is 13.2 Å². The largest absolute Gasteiger partial charge is 0.463 e. The fraction of sp³-hybridized carbons (Fsp3) is 0.308. The van der Waals surface area contributed by atoms with Gasteiger partial charge in [-0.1, -0.05) is 60.7 Å². The molecule has 0 aliphatic heterocycles. The molecular formula is C26H28N2O7. The number of carbonyl (C=O) groups is 4. The Labute approximate surface area is 203 Å². The van der Waals surface area contributed by atoms with Crippen LogP contribution >= 0.6 is 0 Å². The van der Waals surface area contributed by atoms with E-state index < -0.39 is 35.4 Å². The lowest BCUT2D eigenvalue weighted by atomic mass is 10.0. The van der Waals surface area contributed by atoms with E-state index in [2.05, 4.69) is 10.6 Å². The lowest BCUT2D eigenvalue weighted by Gasteiger charge is -2.19. The number of ether oxygens (including phenoxy) is 2. The van der Waals surface area contributed by atoms with Crippen molar-refractivity contribution in [3.63, 3.8) is 0 Å². The van der Waals surface area contributed by atoms with Crippen LogP contribution in [0.2, 0.25) is 0 Å². The summed E-state index contributed by atoms with van der Waals surface area (Å²) in [5, 5.41) is 15.7. The molecule has 0 aromatic heterocycles. The summed E-state index contributed by atoms with van der Waals surface area (Å²) < 4.78 is 9.38. The minimum Gasteiger partial charge on any atom is -0.463 e. The molecule has 9 heteroatoms. The maximum atomic E-state index is 12.9. The zero-order valence-electron chi connectivity index (χ0n) is 19.6. The van der Waals surface area contributed by atoms with Gasteiger partial charge in [0.25, 0.3) is 5.91 Å². The minimum absolute atomic E-state index is 0.130. The molecule has 0 heterocycles. The molecule has 0 fully saturated rings. The SMILES string of the molecule is CCOC(=O)C(O)(C#CC(=O)N[C@@H](Cc1ccccc1)C(=O)NCc1ccccc1)C(=O)OCC. The fourth-order valence-corrected chi connectivity index (χ4v) is 2.97. The van der Waals surface area contributed by atoms with E-state index in [4.69, 9.17) is 9.47 Å². The number of esters is 2. The molecule has 0 bridgehead atoms. The molecule has 3 N–H and O–H groups in total. The molecule has 35 heavy (non-hydrogen) atoms. The maximum Gasteiger partial charge on any atom is 0.363 e. The Kier molecular flexibility index (Phi) is 10.5. The van der Waals surface area contributed by atoms with Gasteiger partial charge in [-0.15, -0.1) is 0 Å². The lowest BCUT2D eigenvalue weighted by Crippen LogP contribution is -2.49. The summed E-state index contributed by atoms with van der Waals surface area (Å²) in [6.07, 6.45) is 0.162. The smallest absolute Gasteiger partial charge is 0.363 e. The third-order valence-electron chi connectivity index (χ3n) is 4.71. The highest BCUT2D eigenvalue weighted by Gasteiger charge is 2.46. The van der Waals surface area contributed by atoms with Crippen LogP contribution in [-0.2, 0) is 41.6 Å². The Morgan fingerprint density at radius 1 is 0.886 bits per heavy atom. The number of hydrogen-bond donors (Lipinski definition) is 3. The van der Waals surface area contributed by atoms with E-state index >= 15 is 0 Å². The molecule has 0 radical (unpaired) electrons. The first-order valence-corrected chi connectivity index (χ1v) is 11.1. The number of nitrogens with one attached hydrogen (secondary N) is 2. The van der Waals surface area contributed by atoms with Crippen molar-refractivity contribution in [2.75, 3.05) is 13.2 Å². The third-order valence-corrected chi connectivity index (χ3v) is 4.71. The van der Waals surface area contributed by atoms with E-state index in [-0.39, 0.29) is 26.2 Å². The molecule has 0 saturated carbocycles. The third kappa shape index (κ3) is 8.28. The average molecular weight is 481 g/mol. The second-order valence-electron chi connectivity index (χ2n) is 7.32. The zero-order valence-corrected chi connectivity index (χ0v) is 19.6. The van der Waals surface area contributed by atoms with Crippen LogP contribution in [0.3, 0.4) is 0 Å². The van der Waals surface area contributed by atoms with Crippen LogP contribution in [-0.4, -0.2) is 53.7 Å². The molecule has 0 saturated heterocycles. The van der Waals surface area contributed by atoms with Crippen LogP contribution < -0.4 is 10.6 Å². The topological polar surface area (TPSA) is 131 Å². The molecule has 1 atom stereocenters. The van der Waals surface area contributed by atoms with Crippen LogP contribution in [0, 0.1) is 11.8 Å². The maximum absolute atomic E-state index is 12.9. The van der Waals surface area contributed by atoms with Gasteiger partial charge in [0.1, 0.15) is 6.04 Å². The van der Waals surface area contributed by atoms with E-state index in [1.165, 1.54) is 13.8 Å². The first kappa shape index (κ1) is 27.1. The van der Waals surface area contributed by atoms with Crippen molar-refractivity contribution >= 4 is 23.8 Å². The van der Waals surface area contributed by atoms with Crippen LogP contribution in [0.1, 0.15) is 25.0 Å². The lowest BCUT2D eigenvalue weighted by molar-refractivity contribution is -0.176. The van der Waals surface area contributed by atoms with E-state index in [1.54, 1.807) is 24.3 Å². The van der Waals surface area contributed by atoms with Gasteiger partial charge in [-0.3, -0.25) is 9.59 Å². The summed E-state index contributed by atoms with van der Waals surface area (Å²) in [6, 6.07) is 17.3. The van der Waals surface area contributed by atoms with Gasteiger partial charge in [0, 0.05) is 13.0 Å². The highest BCUT2D eigenvalue weighted by atomic mass is 16.6. The predicted molar refractivity (Wildman–Crippen MR) is 126 cm³/mol. The number of benzene rings is 2. The summed E-state index contributed by atoms with van der Waals surface area (Å²) >= 11 is 0. The predicted octanol–water partition coefficient (Wildman–Crippen LogP) is 0.891. The van der Waals surface area contributed by atoms with Gasteiger partial charge in [0.15, 0.2) is 0 Å². The fourth-order valence-electron chi connectivity index (χ4n) is 2.97. The van der Waals surface area contributed by atoms with Crippen molar-refractivity contribution in [1.29, 1.82) is 0 Å². The molecule has 0 aliphatic rings. The normalized spacial score (nSPS) is 11.3.